The van der Waals surface area contributed by atoms with Gasteiger partial charge in [-0.25, -0.2) is 4.99 Å². The molecule has 3 aromatic rings. The summed E-state index contributed by atoms with van der Waals surface area (Å²) in [4.78, 5) is 8.00. The van der Waals surface area contributed by atoms with Crippen molar-refractivity contribution in [3.63, 3.8) is 0 Å². The topological polar surface area (TPSA) is 90.9 Å². The molecule has 0 amide bonds. The van der Waals surface area contributed by atoms with E-state index in [2.05, 4.69) is 51.9 Å². The normalized spacial score (nSPS) is 11.5. The number of aromatic nitrogens is 1. The zero-order chi connectivity index (χ0) is 21.5. The molecule has 0 unspecified atom stereocenters. The van der Waals surface area contributed by atoms with E-state index in [0.717, 1.165) is 31.0 Å². The van der Waals surface area contributed by atoms with Crippen molar-refractivity contribution in [1.82, 2.24) is 15.6 Å². The number of benzene rings is 2. The zero-order valence-corrected chi connectivity index (χ0v) is 18.0. The number of rotatable bonds is 8. The number of aryl methyl sites for hydroxylation is 1. The van der Waals surface area contributed by atoms with E-state index in [1.54, 1.807) is 12.1 Å². The van der Waals surface area contributed by atoms with Crippen molar-refractivity contribution in [2.45, 2.75) is 26.8 Å². The molecular weight excluding hydrogens is 380 g/mol. The number of hydrogen-bond donors (Lipinski definition) is 4. The highest BCUT2D eigenvalue weighted by molar-refractivity contribution is 5.86. The quantitative estimate of drug-likeness (QED) is 0.337. The van der Waals surface area contributed by atoms with Gasteiger partial charge < -0.3 is 30.2 Å². The Labute approximate surface area is 177 Å². The summed E-state index contributed by atoms with van der Waals surface area (Å²) < 4.78 is 10.4. The minimum absolute atomic E-state index is 0.00761. The van der Waals surface area contributed by atoms with E-state index in [1.807, 2.05) is 6.92 Å². The minimum atomic E-state index is -0.00761. The van der Waals surface area contributed by atoms with Crippen molar-refractivity contribution in [1.29, 1.82) is 0 Å². The fraction of sp³-hybridized carbons (Fsp3) is 0.348. The van der Waals surface area contributed by atoms with Crippen molar-refractivity contribution < 1.29 is 14.6 Å². The van der Waals surface area contributed by atoms with Gasteiger partial charge in [-0.1, -0.05) is 12.1 Å². The lowest BCUT2D eigenvalue weighted by Crippen LogP contribution is -2.38. The first-order chi connectivity index (χ1) is 14.6. The number of guanidine groups is 1. The third kappa shape index (κ3) is 4.79. The fourth-order valence-corrected chi connectivity index (χ4v) is 3.52. The Morgan fingerprint density at radius 3 is 2.53 bits per heavy atom. The van der Waals surface area contributed by atoms with Gasteiger partial charge in [0.2, 0.25) is 5.75 Å². The first-order valence-electron chi connectivity index (χ1n) is 10.1. The predicted molar refractivity (Wildman–Crippen MR) is 121 cm³/mol. The maximum Gasteiger partial charge on any atom is 0.200 e. The summed E-state index contributed by atoms with van der Waals surface area (Å²) in [6, 6.07) is 9.84. The summed E-state index contributed by atoms with van der Waals surface area (Å²) in [7, 11) is 3.03. The lowest BCUT2D eigenvalue weighted by molar-refractivity contribution is 0.339. The van der Waals surface area contributed by atoms with Gasteiger partial charge in [0.05, 0.1) is 20.8 Å². The van der Waals surface area contributed by atoms with Crippen molar-refractivity contribution in [2.24, 2.45) is 4.99 Å². The summed E-state index contributed by atoms with van der Waals surface area (Å²) in [5.74, 6) is 1.46. The molecule has 0 fully saturated rings. The molecule has 160 valence electrons. The van der Waals surface area contributed by atoms with Crippen LogP contribution in [-0.2, 0) is 13.0 Å². The Kier molecular flexibility index (Phi) is 7.06. The molecule has 7 heteroatoms. The predicted octanol–water partition coefficient (Wildman–Crippen LogP) is 3.50. The van der Waals surface area contributed by atoms with Crippen LogP contribution in [0.2, 0.25) is 0 Å². The van der Waals surface area contributed by atoms with Crippen LogP contribution in [0.3, 0.4) is 0 Å². The van der Waals surface area contributed by atoms with Crippen LogP contribution < -0.4 is 20.1 Å². The molecule has 3 rings (SSSR count). The lowest BCUT2D eigenvalue weighted by Gasteiger charge is -2.13. The number of aromatic hydroxyl groups is 1. The molecule has 0 atom stereocenters. The second-order valence-electron chi connectivity index (χ2n) is 7.03. The maximum atomic E-state index is 10.1. The Bertz CT molecular complexity index is 1000. The van der Waals surface area contributed by atoms with Gasteiger partial charge in [0, 0.05) is 30.2 Å². The Morgan fingerprint density at radius 1 is 1.13 bits per heavy atom. The van der Waals surface area contributed by atoms with E-state index >= 15 is 0 Å². The van der Waals surface area contributed by atoms with Crippen molar-refractivity contribution >= 4 is 16.9 Å². The van der Waals surface area contributed by atoms with Gasteiger partial charge in [0.15, 0.2) is 17.5 Å². The molecule has 4 N–H and O–H groups in total. The Hall–Kier alpha value is -3.35. The number of aliphatic imine (C=N–C) groups is 1. The highest BCUT2D eigenvalue weighted by Gasteiger charge is 2.11. The highest BCUT2D eigenvalue weighted by Crippen LogP contribution is 2.37. The molecule has 0 aliphatic carbocycles. The number of aromatic amines is 1. The fourth-order valence-electron chi connectivity index (χ4n) is 3.52. The highest BCUT2D eigenvalue weighted by atomic mass is 16.5. The molecule has 0 spiro atoms. The Balaban J connectivity index is 1.68. The zero-order valence-electron chi connectivity index (χ0n) is 18.0. The summed E-state index contributed by atoms with van der Waals surface area (Å²) >= 11 is 0. The number of hydrogen-bond acceptors (Lipinski definition) is 4. The van der Waals surface area contributed by atoms with Gasteiger partial charge in [0.1, 0.15) is 0 Å². The van der Waals surface area contributed by atoms with Gasteiger partial charge in [0.25, 0.3) is 0 Å². The van der Waals surface area contributed by atoms with Crippen molar-refractivity contribution in [2.75, 3.05) is 27.3 Å². The van der Waals surface area contributed by atoms with Crippen LogP contribution in [0.15, 0.2) is 41.5 Å². The molecule has 7 nitrogen and oxygen atoms in total. The van der Waals surface area contributed by atoms with Gasteiger partial charge in [-0.2, -0.15) is 0 Å². The van der Waals surface area contributed by atoms with Crippen molar-refractivity contribution in [3.8, 4) is 17.2 Å². The number of ether oxygens (including phenoxy) is 2. The van der Waals surface area contributed by atoms with Gasteiger partial charge in [-0.05, 0) is 55.2 Å². The van der Waals surface area contributed by atoms with Crippen LogP contribution in [-0.4, -0.2) is 43.4 Å². The summed E-state index contributed by atoms with van der Waals surface area (Å²) in [5, 5.41) is 18.0. The molecule has 2 aromatic carbocycles. The van der Waals surface area contributed by atoms with E-state index in [4.69, 9.17) is 9.47 Å². The van der Waals surface area contributed by atoms with E-state index in [1.165, 1.54) is 36.2 Å². The summed E-state index contributed by atoms with van der Waals surface area (Å²) in [5.41, 5.74) is 4.62. The van der Waals surface area contributed by atoms with Crippen molar-refractivity contribution in [3.05, 3.63) is 53.2 Å². The van der Waals surface area contributed by atoms with Crippen LogP contribution in [0.5, 0.6) is 17.2 Å². The van der Waals surface area contributed by atoms with Crippen LogP contribution in [0.25, 0.3) is 10.9 Å². The smallest absolute Gasteiger partial charge is 0.200 e. The van der Waals surface area contributed by atoms with E-state index in [9.17, 15) is 5.11 Å². The molecule has 0 bridgehead atoms. The number of nitrogens with one attached hydrogen (secondary N) is 3. The van der Waals surface area contributed by atoms with Crippen LogP contribution >= 0.6 is 0 Å². The molecule has 0 radical (unpaired) electrons. The molecule has 0 aliphatic rings. The molecule has 1 heterocycles. The van der Waals surface area contributed by atoms with Gasteiger partial charge >= 0.3 is 0 Å². The second kappa shape index (κ2) is 9.91. The minimum Gasteiger partial charge on any atom is -0.502 e. The van der Waals surface area contributed by atoms with Crippen LogP contribution in [0.4, 0.5) is 0 Å². The number of fused-ring (bicyclic) bond motifs is 1. The largest absolute Gasteiger partial charge is 0.502 e. The third-order valence-electron chi connectivity index (χ3n) is 4.99. The third-order valence-corrected chi connectivity index (χ3v) is 4.99. The second-order valence-corrected chi connectivity index (χ2v) is 7.03. The van der Waals surface area contributed by atoms with Gasteiger partial charge in [-0.15, -0.1) is 0 Å². The Morgan fingerprint density at radius 2 is 1.87 bits per heavy atom. The molecule has 0 saturated heterocycles. The SMILES string of the molecule is CCNC(=NCc1cc(OC)c(O)c(OC)c1)NCCc1c[nH]c2cccc(C)c12. The number of phenolic OH excluding ortho intramolecular Hbond substituents is 1. The molecular formula is C23H30N4O3. The number of methoxy groups -OCH3 is 2. The van der Waals surface area contributed by atoms with E-state index < -0.39 is 0 Å². The average Bonchev–Trinajstić information content (AvgIpc) is 3.17. The van der Waals surface area contributed by atoms with E-state index in [0.29, 0.717) is 18.0 Å². The molecule has 1 aromatic heterocycles. The molecule has 0 aliphatic heterocycles. The summed E-state index contributed by atoms with van der Waals surface area (Å²) in [6.07, 6.45) is 2.97. The van der Waals surface area contributed by atoms with E-state index in [-0.39, 0.29) is 5.75 Å². The number of H-pyrrole nitrogens is 1. The first-order valence-corrected chi connectivity index (χ1v) is 10.1. The number of phenols is 1. The lowest BCUT2D eigenvalue weighted by atomic mass is 10.1. The molecule has 30 heavy (non-hydrogen) atoms. The first kappa shape index (κ1) is 21.4. The molecule has 0 saturated carbocycles. The van der Waals surface area contributed by atoms with Crippen LogP contribution in [0.1, 0.15) is 23.6 Å². The van der Waals surface area contributed by atoms with Crippen LogP contribution in [0, 0.1) is 6.92 Å². The monoisotopic (exact) mass is 410 g/mol. The average molecular weight is 411 g/mol. The maximum absolute atomic E-state index is 10.1. The number of nitrogens with zero attached hydrogens (tertiary/aromatic N) is 1. The van der Waals surface area contributed by atoms with Gasteiger partial charge in [-0.3, -0.25) is 0 Å². The summed E-state index contributed by atoms with van der Waals surface area (Å²) in [6.45, 7) is 6.12. The standard InChI is InChI=1S/C23H30N4O3/c1-5-24-23(27-13-16-11-19(29-3)22(28)20(12-16)30-4)25-10-9-17-14-26-18-8-6-7-15(2)21(17)18/h6-8,11-12,14,26,28H,5,9-10,13H2,1-4H3,(H2,24,25,27).